The van der Waals surface area contributed by atoms with E-state index in [0.717, 1.165) is 61.5 Å². The van der Waals surface area contributed by atoms with Crippen LogP contribution >= 0.6 is 0 Å². The van der Waals surface area contributed by atoms with Crippen molar-refractivity contribution in [3.63, 3.8) is 0 Å². The summed E-state index contributed by atoms with van der Waals surface area (Å²) in [6, 6.07) is 7.23. The molecule has 3 fully saturated rings. The number of nitrogens with zero attached hydrogens (tertiary/aromatic N) is 2. The van der Waals surface area contributed by atoms with Gasteiger partial charge in [0.15, 0.2) is 0 Å². The Morgan fingerprint density at radius 3 is 2.68 bits per heavy atom. The smallest absolute Gasteiger partial charge is 0.325 e. The van der Waals surface area contributed by atoms with Gasteiger partial charge in [-0.05, 0) is 43.7 Å². The Labute approximate surface area is 165 Å². The molecule has 2 saturated heterocycles. The number of anilines is 2. The molecule has 0 bridgehead atoms. The van der Waals surface area contributed by atoms with Crippen LogP contribution in [0.25, 0.3) is 0 Å². The van der Waals surface area contributed by atoms with Crippen LogP contribution in [0.5, 0.6) is 0 Å². The van der Waals surface area contributed by atoms with Gasteiger partial charge in [0.25, 0.3) is 5.91 Å². The van der Waals surface area contributed by atoms with E-state index in [0.29, 0.717) is 6.42 Å². The third-order valence-corrected chi connectivity index (χ3v) is 6.43. The van der Waals surface area contributed by atoms with Gasteiger partial charge < -0.3 is 15.5 Å². The Morgan fingerprint density at radius 1 is 1.18 bits per heavy atom. The molecule has 1 aromatic rings. The first kappa shape index (κ1) is 18.8. The van der Waals surface area contributed by atoms with Crippen molar-refractivity contribution < 1.29 is 14.4 Å². The molecule has 0 radical (unpaired) electrons. The van der Waals surface area contributed by atoms with Crippen molar-refractivity contribution in [3.8, 4) is 0 Å². The summed E-state index contributed by atoms with van der Waals surface area (Å²) in [5.74, 6) is -0.523. The standard InChI is InChI=1S/C21H28N4O3/c1-15-8-4-5-11-21(15)19(27)25(20(28)23-21)14-18(26)22-16-9-2-3-10-17(16)24-12-6-7-13-24/h2-3,9-10,15H,4-8,11-14H2,1H3,(H,22,26)(H,23,28). The Kier molecular flexibility index (Phi) is 5.00. The highest BCUT2D eigenvalue weighted by molar-refractivity contribution is 6.10. The normalized spacial score (nSPS) is 27.4. The molecule has 2 aliphatic heterocycles. The SMILES string of the molecule is CC1CCCCC12NC(=O)N(CC(=O)Nc1ccccc1N1CCCC1)C2=O. The molecule has 1 aliphatic carbocycles. The Morgan fingerprint density at radius 2 is 1.93 bits per heavy atom. The fourth-order valence-corrected chi connectivity index (χ4v) is 4.79. The van der Waals surface area contributed by atoms with Gasteiger partial charge in [0.05, 0.1) is 11.4 Å². The molecule has 2 unspecified atom stereocenters. The molecule has 2 atom stereocenters. The lowest BCUT2D eigenvalue weighted by atomic mass is 9.73. The average Bonchev–Trinajstić information content (AvgIpc) is 3.29. The zero-order valence-electron chi connectivity index (χ0n) is 16.4. The van der Waals surface area contributed by atoms with Crippen LogP contribution in [0.1, 0.15) is 45.4 Å². The average molecular weight is 384 g/mol. The number of rotatable bonds is 4. The Balaban J connectivity index is 1.46. The van der Waals surface area contributed by atoms with Crippen molar-refractivity contribution >= 4 is 29.2 Å². The molecular weight excluding hydrogens is 356 g/mol. The van der Waals surface area contributed by atoms with Crippen LogP contribution in [0.3, 0.4) is 0 Å². The summed E-state index contributed by atoms with van der Waals surface area (Å²) in [6.07, 6.45) is 5.83. The third-order valence-electron chi connectivity index (χ3n) is 6.43. The molecule has 2 N–H and O–H groups in total. The van der Waals surface area contributed by atoms with Crippen molar-refractivity contribution in [2.24, 2.45) is 5.92 Å². The van der Waals surface area contributed by atoms with E-state index in [9.17, 15) is 14.4 Å². The lowest BCUT2D eigenvalue weighted by molar-refractivity contribution is -0.136. The van der Waals surface area contributed by atoms with Crippen molar-refractivity contribution in [2.75, 3.05) is 29.9 Å². The van der Waals surface area contributed by atoms with Crippen LogP contribution in [0.2, 0.25) is 0 Å². The van der Waals surface area contributed by atoms with E-state index in [-0.39, 0.29) is 24.3 Å². The quantitative estimate of drug-likeness (QED) is 0.782. The van der Waals surface area contributed by atoms with Gasteiger partial charge in [-0.15, -0.1) is 0 Å². The third kappa shape index (κ3) is 3.23. The molecule has 1 aromatic carbocycles. The molecule has 4 rings (SSSR count). The van der Waals surface area contributed by atoms with E-state index in [4.69, 9.17) is 0 Å². The first-order valence-corrected chi connectivity index (χ1v) is 10.3. The number of amides is 4. The molecule has 7 nitrogen and oxygen atoms in total. The lowest BCUT2D eigenvalue weighted by Crippen LogP contribution is -2.54. The number of carbonyl (C=O) groups excluding carboxylic acids is 3. The van der Waals surface area contributed by atoms with Crippen molar-refractivity contribution in [2.45, 2.75) is 51.0 Å². The summed E-state index contributed by atoms with van der Waals surface area (Å²) in [5, 5.41) is 5.80. The van der Waals surface area contributed by atoms with E-state index in [2.05, 4.69) is 15.5 Å². The largest absolute Gasteiger partial charge is 0.370 e. The number of hydrogen-bond donors (Lipinski definition) is 2. The highest BCUT2D eigenvalue weighted by Crippen LogP contribution is 2.38. The van der Waals surface area contributed by atoms with E-state index >= 15 is 0 Å². The molecule has 2 heterocycles. The zero-order valence-corrected chi connectivity index (χ0v) is 16.4. The van der Waals surface area contributed by atoms with Gasteiger partial charge in [0, 0.05) is 13.1 Å². The summed E-state index contributed by atoms with van der Waals surface area (Å²) in [4.78, 5) is 41.5. The first-order valence-electron chi connectivity index (χ1n) is 10.3. The van der Waals surface area contributed by atoms with Crippen molar-refractivity contribution in [1.29, 1.82) is 0 Å². The minimum Gasteiger partial charge on any atom is -0.370 e. The predicted molar refractivity (Wildman–Crippen MR) is 107 cm³/mol. The maximum atomic E-state index is 13.0. The van der Waals surface area contributed by atoms with Gasteiger partial charge in [0.2, 0.25) is 5.91 Å². The Bertz CT molecular complexity index is 790. The molecule has 1 spiro atoms. The summed E-state index contributed by atoms with van der Waals surface area (Å²) in [6.45, 7) is 3.70. The molecular formula is C21H28N4O3. The summed E-state index contributed by atoms with van der Waals surface area (Å²) >= 11 is 0. The van der Waals surface area contributed by atoms with Crippen molar-refractivity contribution in [1.82, 2.24) is 10.2 Å². The maximum Gasteiger partial charge on any atom is 0.325 e. The minimum absolute atomic E-state index is 0.0849. The summed E-state index contributed by atoms with van der Waals surface area (Å²) in [5.41, 5.74) is 0.883. The molecule has 3 aliphatic rings. The van der Waals surface area contributed by atoms with Gasteiger partial charge in [0.1, 0.15) is 12.1 Å². The van der Waals surface area contributed by atoms with Crippen LogP contribution < -0.4 is 15.5 Å². The molecule has 1 saturated carbocycles. The molecule has 4 amide bonds. The van der Waals surface area contributed by atoms with Crippen LogP contribution in [0.15, 0.2) is 24.3 Å². The summed E-state index contributed by atoms with van der Waals surface area (Å²) in [7, 11) is 0. The van der Waals surface area contributed by atoms with Gasteiger partial charge in [-0.1, -0.05) is 31.9 Å². The maximum absolute atomic E-state index is 13.0. The molecule has 0 aromatic heterocycles. The number of urea groups is 1. The highest BCUT2D eigenvalue weighted by Gasteiger charge is 2.55. The topological polar surface area (TPSA) is 81.8 Å². The lowest BCUT2D eigenvalue weighted by Gasteiger charge is -2.36. The number of nitrogens with one attached hydrogen (secondary N) is 2. The number of imide groups is 1. The Hall–Kier alpha value is -2.57. The minimum atomic E-state index is -0.830. The van der Waals surface area contributed by atoms with Crippen LogP contribution in [-0.2, 0) is 9.59 Å². The first-order chi connectivity index (χ1) is 13.5. The highest BCUT2D eigenvalue weighted by atomic mass is 16.2. The second-order valence-corrected chi connectivity index (χ2v) is 8.20. The van der Waals surface area contributed by atoms with Crippen LogP contribution in [0.4, 0.5) is 16.2 Å². The monoisotopic (exact) mass is 384 g/mol. The van der Waals surface area contributed by atoms with Crippen LogP contribution in [0, 0.1) is 5.92 Å². The molecule has 28 heavy (non-hydrogen) atoms. The van der Waals surface area contributed by atoms with Gasteiger partial charge in [-0.2, -0.15) is 0 Å². The van der Waals surface area contributed by atoms with Gasteiger partial charge in [-0.25, -0.2) is 4.79 Å². The predicted octanol–water partition coefficient (Wildman–Crippen LogP) is 2.73. The number of para-hydroxylation sites is 2. The van der Waals surface area contributed by atoms with Gasteiger partial charge in [-0.3, -0.25) is 14.5 Å². The molecule has 150 valence electrons. The van der Waals surface area contributed by atoms with Crippen molar-refractivity contribution in [3.05, 3.63) is 24.3 Å². The summed E-state index contributed by atoms with van der Waals surface area (Å²) < 4.78 is 0. The number of benzene rings is 1. The van der Waals surface area contributed by atoms with E-state index in [1.807, 2.05) is 31.2 Å². The number of carbonyl (C=O) groups is 3. The van der Waals surface area contributed by atoms with Gasteiger partial charge >= 0.3 is 6.03 Å². The number of hydrogen-bond acceptors (Lipinski definition) is 4. The van der Waals surface area contributed by atoms with E-state index < -0.39 is 11.6 Å². The van der Waals surface area contributed by atoms with E-state index in [1.54, 1.807) is 0 Å². The molecule has 7 heteroatoms. The second-order valence-electron chi connectivity index (χ2n) is 8.20. The van der Waals surface area contributed by atoms with Crippen LogP contribution in [-0.4, -0.2) is 47.9 Å². The van der Waals surface area contributed by atoms with E-state index in [1.165, 1.54) is 0 Å². The zero-order chi connectivity index (χ0) is 19.7. The fourth-order valence-electron chi connectivity index (χ4n) is 4.79. The fraction of sp³-hybridized carbons (Fsp3) is 0.571. The second kappa shape index (κ2) is 7.45.